The standard InChI is InChI=1S/C17H10F4N2/c18-14-7-11(8-15-16(14)10(5-6-22)9-23-15)12-3-1-2-4-13(12)17(19,20)21/h1-4,7-9,23H,5H2. The monoisotopic (exact) mass is 318 g/mol. The fourth-order valence-corrected chi connectivity index (χ4v) is 2.65. The predicted molar refractivity (Wildman–Crippen MR) is 78.0 cm³/mol. The van der Waals surface area contributed by atoms with E-state index in [1.165, 1.54) is 30.5 Å². The van der Waals surface area contributed by atoms with Gasteiger partial charge >= 0.3 is 6.18 Å². The van der Waals surface area contributed by atoms with E-state index in [1.54, 1.807) is 0 Å². The predicted octanol–water partition coefficient (Wildman–Crippen LogP) is 5.06. The average molecular weight is 318 g/mol. The zero-order chi connectivity index (χ0) is 16.6. The summed E-state index contributed by atoms with van der Waals surface area (Å²) in [6, 6.07) is 9.50. The summed E-state index contributed by atoms with van der Waals surface area (Å²) in [5.41, 5.74) is 0.0750. The normalized spacial score (nSPS) is 11.6. The summed E-state index contributed by atoms with van der Waals surface area (Å²) in [5.74, 6) is -0.652. The number of hydrogen-bond acceptors (Lipinski definition) is 1. The number of fused-ring (bicyclic) bond motifs is 1. The number of nitrogens with zero attached hydrogens (tertiary/aromatic N) is 1. The average Bonchev–Trinajstić information content (AvgIpc) is 2.90. The van der Waals surface area contributed by atoms with Gasteiger partial charge in [0, 0.05) is 17.1 Å². The fourth-order valence-electron chi connectivity index (χ4n) is 2.65. The van der Waals surface area contributed by atoms with Gasteiger partial charge in [0.1, 0.15) is 5.82 Å². The summed E-state index contributed by atoms with van der Waals surface area (Å²) in [5, 5.41) is 8.97. The van der Waals surface area contributed by atoms with Gasteiger partial charge in [-0.25, -0.2) is 4.39 Å². The molecule has 6 heteroatoms. The molecule has 0 amide bonds. The van der Waals surface area contributed by atoms with E-state index in [9.17, 15) is 17.6 Å². The van der Waals surface area contributed by atoms with Crippen molar-refractivity contribution in [3.63, 3.8) is 0 Å². The van der Waals surface area contributed by atoms with E-state index in [1.807, 2.05) is 6.07 Å². The van der Waals surface area contributed by atoms with Crippen LogP contribution in [-0.2, 0) is 12.6 Å². The lowest BCUT2D eigenvalue weighted by Crippen LogP contribution is -2.06. The third-order valence-corrected chi connectivity index (χ3v) is 3.63. The molecule has 0 unspecified atom stereocenters. The molecule has 2 aromatic carbocycles. The first kappa shape index (κ1) is 15.1. The number of halogens is 4. The number of nitriles is 1. The molecule has 0 aliphatic rings. The van der Waals surface area contributed by atoms with Crippen LogP contribution >= 0.6 is 0 Å². The lowest BCUT2D eigenvalue weighted by molar-refractivity contribution is -0.137. The fraction of sp³-hybridized carbons (Fsp3) is 0.118. The number of aromatic nitrogens is 1. The first-order chi connectivity index (χ1) is 10.9. The molecule has 1 N–H and O–H groups in total. The molecule has 1 heterocycles. The van der Waals surface area contributed by atoms with Crippen LogP contribution in [0.1, 0.15) is 11.1 Å². The Kier molecular flexibility index (Phi) is 3.57. The van der Waals surface area contributed by atoms with Crippen LogP contribution in [0.25, 0.3) is 22.0 Å². The lowest BCUT2D eigenvalue weighted by atomic mass is 9.97. The van der Waals surface area contributed by atoms with Crippen LogP contribution in [0, 0.1) is 17.1 Å². The molecule has 0 saturated carbocycles. The molecule has 3 rings (SSSR count). The molecule has 0 spiro atoms. The Morgan fingerprint density at radius 3 is 2.57 bits per heavy atom. The molecular weight excluding hydrogens is 308 g/mol. The van der Waals surface area contributed by atoms with Gasteiger partial charge in [-0.05, 0) is 34.9 Å². The van der Waals surface area contributed by atoms with Gasteiger partial charge in [-0.1, -0.05) is 18.2 Å². The number of rotatable bonds is 2. The molecule has 1 aromatic heterocycles. The minimum Gasteiger partial charge on any atom is -0.361 e. The minimum absolute atomic E-state index is 0.0232. The van der Waals surface area contributed by atoms with Crippen molar-refractivity contribution in [1.29, 1.82) is 5.26 Å². The van der Waals surface area contributed by atoms with E-state index in [2.05, 4.69) is 4.98 Å². The molecule has 0 radical (unpaired) electrons. The lowest BCUT2D eigenvalue weighted by Gasteiger charge is -2.13. The Morgan fingerprint density at radius 1 is 1.13 bits per heavy atom. The van der Waals surface area contributed by atoms with Crippen LogP contribution in [-0.4, -0.2) is 4.98 Å². The summed E-state index contributed by atoms with van der Waals surface area (Å²) in [6.07, 6.45) is -3.00. The maximum atomic E-state index is 14.4. The number of H-pyrrole nitrogens is 1. The third-order valence-electron chi connectivity index (χ3n) is 3.63. The molecule has 0 bridgehead atoms. The van der Waals surface area contributed by atoms with Gasteiger partial charge in [-0.2, -0.15) is 18.4 Å². The number of alkyl halides is 3. The Hall–Kier alpha value is -2.81. The van der Waals surface area contributed by atoms with Crippen LogP contribution in [0.4, 0.5) is 17.6 Å². The Morgan fingerprint density at radius 2 is 1.87 bits per heavy atom. The van der Waals surface area contributed by atoms with Crippen LogP contribution < -0.4 is 0 Å². The maximum Gasteiger partial charge on any atom is 0.417 e. The molecule has 23 heavy (non-hydrogen) atoms. The van der Waals surface area contributed by atoms with E-state index in [-0.39, 0.29) is 22.9 Å². The van der Waals surface area contributed by atoms with Gasteiger partial charge in [-0.3, -0.25) is 0 Å². The van der Waals surface area contributed by atoms with Crippen molar-refractivity contribution in [2.45, 2.75) is 12.6 Å². The second kappa shape index (κ2) is 5.43. The molecule has 0 aliphatic carbocycles. The number of nitrogens with one attached hydrogen (secondary N) is 1. The van der Waals surface area contributed by atoms with E-state index in [4.69, 9.17) is 5.26 Å². The number of benzene rings is 2. The van der Waals surface area contributed by atoms with Crippen LogP contribution in [0.5, 0.6) is 0 Å². The summed E-state index contributed by atoms with van der Waals surface area (Å²) in [7, 11) is 0. The minimum atomic E-state index is -4.52. The quantitative estimate of drug-likeness (QED) is 0.659. The maximum absolute atomic E-state index is 14.4. The number of aromatic amines is 1. The highest BCUT2D eigenvalue weighted by atomic mass is 19.4. The van der Waals surface area contributed by atoms with Crippen molar-refractivity contribution in [1.82, 2.24) is 4.98 Å². The molecule has 0 fully saturated rings. The SMILES string of the molecule is N#CCc1c[nH]c2cc(-c3ccccc3C(F)(F)F)cc(F)c12. The van der Waals surface area contributed by atoms with Crippen molar-refractivity contribution < 1.29 is 17.6 Å². The number of hydrogen-bond donors (Lipinski definition) is 1. The van der Waals surface area contributed by atoms with Crippen molar-refractivity contribution in [2.75, 3.05) is 0 Å². The highest BCUT2D eigenvalue weighted by Gasteiger charge is 2.33. The molecule has 0 atom stereocenters. The van der Waals surface area contributed by atoms with Crippen LogP contribution in [0.3, 0.4) is 0 Å². The zero-order valence-electron chi connectivity index (χ0n) is 11.7. The second-order valence-electron chi connectivity index (χ2n) is 5.07. The summed E-state index contributed by atoms with van der Waals surface area (Å²) in [6.45, 7) is 0. The van der Waals surface area contributed by atoms with Gasteiger partial charge in [-0.15, -0.1) is 0 Å². The molecule has 0 saturated heterocycles. The van der Waals surface area contributed by atoms with E-state index < -0.39 is 17.6 Å². The van der Waals surface area contributed by atoms with Crippen molar-refractivity contribution in [2.24, 2.45) is 0 Å². The third kappa shape index (κ3) is 2.66. The van der Waals surface area contributed by atoms with Gasteiger partial charge < -0.3 is 4.98 Å². The molecule has 116 valence electrons. The Labute approximate surface area is 129 Å². The van der Waals surface area contributed by atoms with Gasteiger partial charge in [0.15, 0.2) is 0 Å². The van der Waals surface area contributed by atoms with Crippen molar-refractivity contribution >= 4 is 10.9 Å². The van der Waals surface area contributed by atoms with Crippen LogP contribution in [0.2, 0.25) is 0 Å². The second-order valence-corrected chi connectivity index (χ2v) is 5.07. The Balaban J connectivity index is 2.22. The highest BCUT2D eigenvalue weighted by Crippen LogP contribution is 2.38. The van der Waals surface area contributed by atoms with Crippen molar-refractivity contribution in [3.8, 4) is 17.2 Å². The topological polar surface area (TPSA) is 39.6 Å². The van der Waals surface area contributed by atoms with Gasteiger partial charge in [0.25, 0.3) is 0 Å². The molecule has 2 nitrogen and oxygen atoms in total. The molecular formula is C17H10F4N2. The summed E-state index contributed by atoms with van der Waals surface area (Å²) in [4.78, 5) is 2.81. The van der Waals surface area contributed by atoms with Crippen LogP contribution in [0.15, 0.2) is 42.6 Å². The molecule has 3 aromatic rings. The summed E-state index contributed by atoms with van der Waals surface area (Å²) < 4.78 is 53.7. The largest absolute Gasteiger partial charge is 0.417 e. The highest BCUT2D eigenvalue weighted by molar-refractivity contribution is 5.89. The van der Waals surface area contributed by atoms with E-state index >= 15 is 0 Å². The van der Waals surface area contributed by atoms with E-state index in [0.717, 1.165) is 12.1 Å². The Bertz CT molecular complexity index is 916. The van der Waals surface area contributed by atoms with E-state index in [0.29, 0.717) is 11.1 Å². The summed E-state index contributed by atoms with van der Waals surface area (Å²) >= 11 is 0. The first-order valence-corrected chi connectivity index (χ1v) is 6.75. The first-order valence-electron chi connectivity index (χ1n) is 6.75. The zero-order valence-corrected chi connectivity index (χ0v) is 11.7. The van der Waals surface area contributed by atoms with Gasteiger partial charge in [0.2, 0.25) is 0 Å². The molecule has 0 aliphatic heterocycles. The van der Waals surface area contributed by atoms with Crippen molar-refractivity contribution in [3.05, 3.63) is 59.5 Å². The van der Waals surface area contributed by atoms with Gasteiger partial charge in [0.05, 0.1) is 18.1 Å². The smallest absolute Gasteiger partial charge is 0.361 e.